The quantitative estimate of drug-likeness (QED) is 0.404. The van der Waals surface area contributed by atoms with Crippen LogP contribution in [0.1, 0.15) is 15.2 Å². The van der Waals surface area contributed by atoms with Gasteiger partial charge in [0.05, 0.1) is 19.9 Å². The van der Waals surface area contributed by atoms with Gasteiger partial charge in [-0.2, -0.15) is 0 Å². The zero-order chi connectivity index (χ0) is 21.8. The maximum Gasteiger partial charge on any atom is 0.263 e. The topological polar surface area (TPSA) is 60.5 Å². The van der Waals surface area contributed by atoms with Gasteiger partial charge < -0.3 is 14.8 Å². The molecule has 0 unspecified atom stereocenters. The summed E-state index contributed by atoms with van der Waals surface area (Å²) in [5.74, 6) is 0.623. The number of rotatable bonds is 6. The number of benzene rings is 3. The van der Waals surface area contributed by atoms with Crippen molar-refractivity contribution in [1.82, 2.24) is 4.98 Å². The molecule has 1 N–H and O–H groups in total. The molecular weight excluding hydrogens is 408 g/mol. The van der Waals surface area contributed by atoms with Crippen LogP contribution in [0.4, 0.5) is 5.69 Å². The number of methoxy groups -OCH3 is 2. The Kier molecular flexibility index (Phi) is 6.00. The average Bonchev–Trinajstić information content (AvgIpc) is 3.21. The van der Waals surface area contributed by atoms with Crippen molar-refractivity contribution in [1.29, 1.82) is 0 Å². The second kappa shape index (κ2) is 9.02. The van der Waals surface area contributed by atoms with Crippen LogP contribution in [0.2, 0.25) is 0 Å². The van der Waals surface area contributed by atoms with E-state index in [4.69, 9.17) is 14.5 Å². The first-order valence-corrected chi connectivity index (χ1v) is 10.6. The van der Waals surface area contributed by atoms with Crippen LogP contribution < -0.4 is 14.8 Å². The number of amides is 1. The summed E-state index contributed by atoms with van der Waals surface area (Å²) in [6.45, 7) is 2.07. The van der Waals surface area contributed by atoms with Gasteiger partial charge in [-0.05, 0) is 31.2 Å². The molecule has 1 heterocycles. The smallest absolute Gasteiger partial charge is 0.263 e. The predicted octanol–water partition coefficient (Wildman–Crippen LogP) is 6.06. The fourth-order valence-electron chi connectivity index (χ4n) is 3.35. The van der Waals surface area contributed by atoms with Crippen molar-refractivity contribution < 1.29 is 14.3 Å². The van der Waals surface area contributed by atoms with E-state index >= 15 is 0 Å². The summed E-state index contributed by atoms with van der Waals surface area (Å²) in [4.78, 5) is 18.8. The Balaban J connectivity index is 1.56. The van der Waals surface area contributed by atoms with E-state index in [1.807, 2.05) is 42.5 Å². The molecular formula is C25H22N2O3S. The predicted molar refractivity (Wildman–Crippen MR) is 125 cm³/mol. The van der Waals surface area contributed by atoms with Crippen molar-refractivity contribution in [3.05, 3.63) is 83.2 Å². The van der Waals surface area contributed by atoms with E-state index in [1.54, 1.807) is 29.5 Å². The lowest BCUT2D eigenvalue weighted by Crippen LogP contribution is -2.14. The largest absolute Gasteiger partial charge is 0.496 e. The van der Waals surface area contributed by atoms with E-state index in [0.717, 1.165) is 26.7 Å². The first kappa shape index (κ1) is 20.6. The number of carbonyl (C=O) groups excluding carboxylic acids is 1. The molecule has 1 amide bonds. The van der Waals surface area contributed by atoms with Crippen molar-refractivity contribution in [2.75, 3.05) is 19.5 Å². The lowest BCUT2D eigenvalue weighted by Gasteiger charge is -2.13. The minimum Gasteiger partial charge on any atom is -0.496 e. The zero-order valence-electron chi connectivity index (χ0n) is 17.5. The van der Waals surface area contributed by atoms with Crippen molar-refractivity contribution in [2.45, 2.75) is 6.92 Å². The second-order valence-corrected chi connectivity index (χ2v) is 8.06. The van der Waals surface area contributed by atoms with Gasteiger partial charge in [0.15, 0.2) is 0 Å². The van der Waals surface area contributed by atoms with Gasteiger partial charge in [0.2, 0.25) is 0 Å². The molecule has 0 aliphatic rings. The number of aryl methyl sites for hydroxylation is 1. The zero-order valence-corrected chi connectivity index (χ0v) is 18.3. The van der Waals surface area contributed by atoms with Crippen LogP contribution in [0, 0.1) is 6.92 Å². The van der Waals surface area contributed by atoms with E-state index < -0.39 is 0 Å². The summed E-state index contributed by atoms with van der Waals surface area (Å²) in [5.41, 5.74) is 4.10. The van der Waals surface area contributed by atoms with Crippen LogP contribution >= 0.6 is 11.3 Å². The maximum absolute atomic E-state index is 12.9. The maximum atomic E-state index is 12.9. The van der Waals surface area contributed by atoms with E-state index in [1.165, 1.54) is 14.2 Å². The Morgan fingerprint density at radius 2 is 1.48 bits per heavy atom. The van der Waals surface area contributed by atoms with E-state index in [2.05, 4.69) is 24.4 Å². The third kappa shape index (κ3) is 4.29. The molecule has 0 saturated carbocycles. The molecule has 0 radical (unpaired) electrons. The fourth-order valence-corrected chi connectivity index (χ4v) is 4.29. The number of nitrogens with zero attached hydrogens (tertiary/aromatic N) is 1. The first-order valence-electron chi connectivity index (χ1n) is 9.76. The Morgan fingerprint density at radius 3 is 2.10 bits per heavy atom. The van der Waals surface area contributed by atoms with E-state index in [9.17, 15) is 4.79 Å². The van der Waals surface area contributed by atoms with Crippen LogP contribution in [0.5, 0.6) is 11.5 Å². The highest BCUT2D eigenvalue weighted by Gasteiger charge is 2.18. The molecule has 156 valence electrons. The van der Waals surface area contributed by atoms with Crippen molar-refractivity contribution in [2.24, 2.45) is 0 Å². The minimum atomic E-state index is -0.293. The molecule has 0 saturated heterocycles. The molecule has 31 heavy (non-hydrogen) atoms. The molecule has 4 aromatic rings. The van der Waals surface area contributed by atoms with Crippen LogP contribution in [0.3, 0.4) is 0 Å². The number of nitrogens with one attached hydrogen (secondary N) is 1. The summed E-state index contributed by atoms with van der Waals surface area (Å²) in [5, 5.41) is 3.91. The summed E-state index contributed by atoms with van der Waals surface area (Å²) in [6.07, 6.45) is 0. The molecule has 6 heteroatoms. The van der Waals surface area contributed by atoms with E-state index in [0.29, 0.717) is 22.7 Å². The minimum absolute atomic E-state index is 0.293. The molecule has 0 atom stereocenters. The highest BCUT2D eigenvalue weighted by molar-refractivity contribution is 7.15. The Hall–Kier alpha value is -3.64. The molecule has 4 rings (SSSR count). The molecule has 5 nitrogen and oxygen atoms in total. The second-order valence-electron chi connectivity index (χ2n) is 6.86. The summed E-state index contributed by atoms with van der Waals surface area (Å²) in [6, 6.07) is 23.1. The van der Waals surface area contributed by atoms with Gasteiger partial charge in [0.25, 0.3) is 5.91 Å². The molecule has 0 spiro atoms. The summed E-state index contributed by atoms with van der Waals surface area (Å²) in [7, 11) is 3.06. The third-order valence-corrected chi connectivity index (χ3v) is 5.91. The standard InChI is InChI=1S/C25H22N2O3S/c1-16-23(27-25(31-16)18-8-5-4-6-9-18)17-12-14-19(15-13-17)26-24(28)22-20(29-2)10-7-11-21(22)30-3/h4-15H,1-3H3,(H,26,28). The Morgan fingerprint density at radius 1 is 0.839 bits per heavy atom. The Bertz CT molecular complexity index is 1180. The molecule has 0 aliphatic carbocycles. The average molecular weight is 431 g/mol. The number of aromatic nitrogens is 1. The van der Waals surface area contributed by atoms with Gasteiger partial charge in [-0.3, -0.25) is 4.79 Å². The monoisotopic (exact) mass is 430 g/mol. The van der Waals surface area contributed by atoms with Crippen molar-refractivity contribution in [3.8, 4) is 33.3 Å². The molecule has 3 aromatic carbocycles. The van der Waals surface area contributed by atoms with E-state index in [-0.39, 0.29) is 5.91 Å². The number of ether oxygens (including phenoxy) is 2. The molecule has 0 fully saturated rings. The molecule has 1 aromatic heterocycles. The van der Waals surface area contributed by atoms with Crippen molar-refractivity contribution in [3.63, 3.8) is 0 Å². The van der Waals surface area contributed by atoms with Crippen LogP contribution in [0.15, 0.2) is 72.8 Å². The lowest BCUT2D eigenvalue weighted by atomic mass is 10.1. The normalized spacial score (nSPS) is 10.5. The number of anilines is 1. The fraction of sp³-hybridized carbons (Fsp3) is 0.120. The number of hydrogen-bond donors (Lipinski definition) is 1. The highest BCUT2D eigenvalue weighted by Crippen LogP contribution is 2.34. The van der Waals surface area contributed by atoms with Crippen LogP contribution in [-0.4, -0.2) is 25.1 Å². The van der Waals surface area contributed by atoms with Crippen LogP contribution in [-0.2, 0) is 0 Å². The summed E-state index contributed by atoms with van der Waals surface area (Å²) < 4.78 is 10.7. The van der Waals surface area contributed by atoms with Gasteiger partial charge in [-0.1, -0.05) is 48.5 Å². The Labute approximate surface area is 185 Å². The van der Waals surface area contributed by atoms with Gasteiger partial charge in [0.1, 0.15) is 22.1 Å². The van der Waals surface area contributed by atoms with Gasteiger partial charge in [0, 0.05) is 21.7 Å². The summed E-state index contributed by atoms with van der Waals surface area (Å²) >= 11 is 1.67. The van der Waals surface area contributed by atoms with Crippen LogP contribution in [0.25, 0.3) is 21.8 Å². The number of carbonyl (C=O) groups is 1. The number of hydrogen-bond acceptors (Lipinski definition) is 5. The van der Waals surface area contributed by atoms with Gasteiger partial charge in [-0.25, -0.2) is 4.98 Å². The molecule has 0 bridgehead atoms. The van der Waals surface area contributed by atoms with Gasteiger partial charge in [-0.15, -0.1) is 11.3 Å². The highest BCUT2D eigenvalue weighted by atomic mass is 32.1. The SMILES string of the molecule is COc1cccc(OC)c1C(=O)Nc1ccc(-c2nc(-c3ccccc3)sc2C)cc1. The first-order chi connectivity index (χ1) is 15.1. The third-order valence-electron chi connectivity index (χ3n) is 4.89. The number of thiazole rings is 1. The van der Waals surface area contributed by atoms with Gasteiger partial charge >= 0.3 is 0 Å². The van der Waals surface area contributed by atoms with Crippen molar-refractivity contribution >= 4 is 22.9 Å². The lowest BCUT2D eigenvalue weighted by molar-refractivity contribution is 0.102. The molecule has 0 aliphatic heterocycles.